The van der Waals surface area contributed by atoms with Crippen molar-refractivity contribution in [3.8, 4) is 0 Å². The summed E-state index contributed by atoms with van der Waals surface area (Å²) in [6.07, 6.45) is 6.21. The van der Waals surface area contributed by atoms with Gasteiger partial charge in [0.1, 0.15) is 0 Å². The highest BCUT2D eigenvalue weighted by molar-refractivity contribution is 5.90. The number of ether oxygens (including phenoxy) is 1. The SMILES string of the molecule is CCc1nn(C)cc1NC(=O)N[C@@H]1CCO[C@@H]1C1CC1. The molecule has 1 saturated heterocycles. The summed E-state index contributed by atoms with van der Waals surface area (Å²) in [4.78, 5) is 12.1. The fourth-order valence-corrected chi connectivity index (χ4v) is 2.88. The van der Waals surface area contributed by atoms with E-state index in [2.05, 4.69) is 15.7 Å². The lowest BCUT2D eigenvalue weighted by Crippen LogP contribution is -2.43. The van der Waals surface area contributed by atoms with Crippen molar-refractivity contribution in [1.29, 1.82) is 0 Å². The van der Waals surface area contributed by atoms with Crippen LogP contribution in [0.25, 0.3) is 0 Å². The minimum Gasteiger partial charge on any atom is -0.376 e. The van der Waals surface area contributed by atoms with E-state index in [1.807, 2.05) is 20.2 Å². The molecule has 6 nitrogen and oxygen atoms in total. The van der Waals surface area contributed by atoms with Crippen LogP contribution in [0.5, 0.6) is 0 Å². The van der Waals surface area contributed by atoms with Crippen molar-refractivity contribution in [3.63, 3.8) is 0 Å². The third kappa shape index (κ3) is 2.80. The molecule has 20 heavy (non-hydrogen) atoms. The highest BCUT2D eigenvalue weighted by Gasteiger charge is 2.41. The minimum absolute atomic E-state index is 0.143. The van der Waals surface area contributed by atoms with E-state index in [-0.39, 0.29) is 18.2 Å². The summed E-state index contributed by atoms with van der Waals surface area (Å²) in [6, 6.07) is -0.0157. The third-order valence-electron chi connectivity index (χ3n) is 4.03. The summed E-state index contributed by atoms with van der Waals surface area (Å²) in [5.41, 5.74) is 1.69. The highest BCUT2D eigenvalue weighted by Crippen LogP contribution is 2.38. The first-order valence-electron chi connectivity index (χ1n) is 7.39. The quantitative estimate of drug-likeness (QED) is 0.880. The lowest BCUT2D eigenvalue weighted by molar-refractivity contribution is 0.0829. The molecule has 0 spiro atoms. The molecule has 1 aromatic rings. The Kier molecular flexibility index (Phi) is 3.65. The van der Waals surface area contributed by atoms with Crippen molar-refractivity contribution in [2.75, 3.05) is 11.9 Å². The van der Waals surface area contributed by atoms with Gasteiger partial charge in [-0.05, 0) is 31.6 Å². The Balaban J connectivity index is 1.58. The maximum atomic E-state index is 12.1. The van der Waals surface area contributed by atoms with Crippen molar-refractivity contribution in [3.05, 3.63) is 11.9 Å². The van der Waals surface area contributed by atoms with Gasteiger partial charge in [0.05, 0.1) is 23.5 Å². The lowest BCUT2D eigenvalue weighted by Gasteiger charge is -2.19. The van der Waals surface area contributed by atoms with Crippen LogP contribution in [0.3, 0.4) is 0 Å². The molecule has 0 bridgehead atoms. The number of nitrogens with one attached hydrogen (secondary N) is 2. The van der Waals surface area contributed by atoms with Crippen LogP contribution in [0.1, 0.15) is 31.9 Å². The van der Waals surface area contributed by atoms with E-state index in [1.54, 1.807) is 4.68 Å². The van der Waals surface area contributed by atoms with Crippen LogP contribution >= 0.6 is 0 Å². The van der Waals surface area contributed by atoms with Crippen molar-refractivity contribution in [2.45, 2.75) is 44.8 Å². The lowest BCUT2D eigenvalue weighted by atomic mass is 10.1. The Morgan fingerprint density at radius 3 is 3.00 bits per heavy atom. The fraction of sp³-hybridized carbons (Fsp3) is 0.714. The van der Waals surface area contributed by atoms with Crippen LogP contribution in [-0.4, -0.2) is 34.6 Å². The maximum absolute atomic E-state index is 12.1. The molecule has 2 N–H and O–H groups in total. The topological polar surface area (TPSA) is 68.2 Å². The second-order valence-electron chi connectivity index (χ2n) is 5.68. The Labute approximate surface area is 118 Å². The Hall–Kier alpha value is -1.56. The highest BCUT2D eigenvalue weighted by atomic mass is 16.5. The van der Waals surface area contributed by atoms with Gasteiger partial charge in [0.25, 0.3) is 0 Å². The minimum atomic E-state index is -0.158. The molecule has 1 aromatic heterocycles. The molecule has 2 heterocycles. The van der Waals surface area contributed by atoms with Crippen LogP contribution in [0.15, 0.2) is 6.20 Å². The molecular formula is C14H22N4O2. The molecule has 0 unspecified atom stereocenters. The first kappa shape index (κ1) is 13.4. The zero-order valence-electron chi connectivity index (χ0n) is 12.1. The standard InChI is InChI=1S/C14H22N4O2/c1-3-10-12(8-18(2)17-10)16-14(19)15-11-6-7-20-13(11)9-4-5-9/h8-9,11,13H,3-7H2,1-2H3,(H2,15,16,19)/t11-,13-/m1/s1. The molecule has 6 heteroatoms. The Morgan fingerprint density at radius 2 is 2.30 bits per heavy atom. The van der Waals surface area contributed by atoms with Gasteiger partial charge in [-0.1, -0.05) is 6.92 Å². The summed E-state index contributed by atoms with van der Waals surface area (Å²) >= 11 is 0. The van der Waals surface area contributed by atoms with Crippen LogP contribution in [-0.2, 0) is 18.2 Å². The molecule has 1 aliphatic heterocycles. The summed E-state index contributed by atoms with van der Waals surface area (Å²) in [5, 5.41) is 10.3. The predicted octanol–water partition coefficient (Wildman–Crippen LogP) is 1.67. The monoisotopic (exact) mass is 278 g/mol. The number of carbonyl (C=O) groups is 1. The van der Waals surface area contributed by atoms with Crippen molar-refractivity contribution >= 4 is 11.7 Å². The smallest absolute Gasteiger partial charge is 0.319 e. The predicted molar refractivity (Wildman–Crippen MR) is 75.6 cm³/mol. The van der Waals surface area contributed by atoms with Gasteiger partial charge >= 0.3 is 6.03 Å². The number of amides is 2. The van der Waals surface area contributed by atoms with Gasteiger partial charge in [0.2, 0.25) is 0 Å². The number of urea groups is 1. The van der Waals surface area contributed by atoms with Gasteiger partial charge in [-0.15, -0.1) is 0 Å². The zero-order valence-corrected chi connectivity index (χ0v) is 12.1. The summed E-state index contributed by atoms with van der Waals surface area (Å²) in [5.74, 6) is 0.646. The molecule has 1 aliphatic carbocycles. The second-order valence-corrected chi connectivity index (χ2v) is 5.68. The van der Waals surface area contributed by atoms with E-state index in [0.29, 0.717) is 5.92 Å². The number of hydrogen-bond donors (Lipinski definition) is 2. The molecule has 2 fully saturated rings. The molecular weight excluding hydrogens is 256 g/mol. The Morgan fingerprint density at radius 1 is 1.50 bits per heavy atom. The summed E-state index contributed by atoms with van der Waals surface area (Å²) in [7, 11) is 1.86. The molecule has 3 rings (SSSR count). The van der Waals surface area contributed by atoms with Crippen LogP contribution < -0.4 is 10.6 Å². The van der Waals surface area contributed by atoms with Crippen molar-refractivity contribution in [1.82, 2.24) is 15.1 Å². The summed E-state index contributed by atoms with van der Waals surface area (Å²) < 4.78 is 7.45. The first-order valence-corrected chi connectivity index (χ1v) is 7.39. The molecule has 110 valence electrons. The molecule has 2 amide bonds. The summed E-state index contributed by atoms with van der Waals surface area (Å²) in [6.45, 7) is 2.78. The maximum Gasteiger partial charge on any atom is 0.319 e. The van der Waals surface area contributed by atoms with E-state index in [9.17, 15) is 4.79 Å². The largest absolute Gasteiger partial charge is 0.376 e. The number of nitrogens with zero attached hydrogens (tertiary/aromatic N) is 2. The number of anilines is 1. The average molecular weight is 278 g/mol. The van der Waals surface area contributed by atoms with Gasteiger partial charge in [-0.2, -0.15) is 5.10 Å². The van der Waals surface area contributed by atoms with E-state index in [1.165, 1.54) is 12.8 Å². The van der Waals surface area contributed by atoms with Gasteiger partial charge < -0.3 is 15.4 Å². The van der Waals surface area contributed by atoms with E-state index < -0.39 is 0 Å². The number of rotatable bonds is 4. The fourth-order valence-electron chi connectivity index (χ4n) is 2.88. The number of carbonyl (C=O) groups excluding carboxylic acids is 1. The molecule has 0 aromatic carbocycles. The van der Waals surface area contributed by atoms with E-state index in [0.717, 1.165) is 30.8 Å². The molecule has 1 saturated carbocycles. The molecule has 2 atom stereocenters. The van der Waals surface area contributed by atoms with Gasteiger partial charge in [-0.3, -0.25) is 4.68 Å². The van der Waals surface area contributed by atoms with E-state index in [4.69, 9.17) is 4.74 Å². The van der Waals surface area contributed by atoms with Gasteiger partial charge in [-0.25, -0.2) is 4.79 Å². The number of aromatic nitrogens is 2. The average Bonchev–Trinajstić information content (AvgIpc) is 3.05. The van der Waals surface area contributed by atoms with Gasteiger partial charge in [0, 0.05) is 19.9 Å². The van der Waals surface area contributed by atoms with E-state index >= 15 is 0 Å². The van der Waals surface area contributed by atoms with Crippen molar-refractivity contribution in [2.24, 2.45) is 13.0 Å². The van der Waals surface area contributed by atoms with Crippen LogP contribution in [0.2, 0.25) is 0 Å². The molecule has 2 aliphatic rings. The number of aryl methyl sites for hydroxylation is 2. The second kappa shape index (κ2) is 5.44. The zero-order chi connectivity index (χ0) is 14.1. The normalized spacial score (nSPS) is 25.7. The first-order chi connectivity index (χ1) is 9.67. The van der Waals surface area contributed by atoms with Crippen molar-refractivity contribution < 1.29 is 9.53 Å². The third-order valence-corrected chi connectivity index (χ3v) is 4.03. The van der Waals surface area contributed by atoms with Crippen LogP contribution in [0, 0.1) is 5.92 Å². The van der Waals surface area contributed by atoms with Gasteiger partial charge in [0.15, 0.2) is 0 Å². The Bertz CT molecular complexity index is 495. The number of hydrogen-bond acceptors (Lipinski definition) is 3. The molecule has 0 radical (unpaired) electrons. The van der Waals surface area contributed by atoms with Crippen LogP contribution in [0.4, 0.5) is 10.5 Å².